The maximum Gasteiger partial charge on any atom is 0.233 e. The molecule has 5 atom stereocenters. The second-order valence-corrected chi connectivity index (χ2v) is 10.7. The molecule has 9 nitrogen and oxygen atoms in total. The fraction of sp³-hybridized carbons (Fsp3) is 0.750. The van der Waals surface area contributed by atoms with Gasteiger partial charge in [-0.15, -0.1) is 0 Å². The summed E-state index contributed by atoms with van der Waals surface area (Å²) in [5.74, 6) is 0.895. The van der Waals surface area contributed by atoms with Gasteiger partial charge >= 0.3 is 0 Å². The Hall–Kier alpha value is -1.94. The van der Waals surface area contributed by atoms with E-state index in [0.29, 0.717) is 45.2 Å². The fourth-order valence-electron chi connectivity index (χ4n) is 5.28. The maximum atomic E-state index is 12.7. The van der Waals surface area contributed by atoms with Gasteiger partial charge in [-0.05, 0) is 37.5 Å². The third-order valence-corrected chi connectivity index (χ3v) is 8.03. The molecule has 30 heavy (non-hydrogen) atoms. The molecule has 2 N–H and O–H groups in total. The lowest BCUT2D eigenvalue weighted by Gasteiger charge is -2.19. The summed E-state index contributed by atoms with van der Waals surface area (Å²) in [5.41, 5.74) is 0. The molecule has 0 aromatic rings. The van der Waals surface area contributed by atoms with Gasteiger partial charge in [-0.25, -0.2) is 12.7 Å². The van der Waals surface area contributed by atoms with E-state index in [1.54, 1.807) is 0 Å². The Balaban J connectivity index is 1.28. The first-order chi connectivity index (χ1) is 14.3. The summed E-state index contributed by atoms with van der Waals surface area (Å²) >= 11 is 0. The minimum atomic E-state index is -3.15. The van der Waals surface area contributed by atoms with Crippen LogP contribution in [0, 0.1) is 29.6 Å². The lowest BCUT2D eigenvalue weighted by atomic mass is 9.85. The number of imide groups is 1. The number of likely N-dealkylation sites (tertiary alicyclic amines) is 1. The normalized spacial score (nSPS) is 33.6. The number of nitrogens with zero attached hydrogens (tertiary/aromatic N) is 3. The summed E-state index contributed by atoms with van der Waals surface area (Å²) in [7, 11) is -3.15. The number of guanidine groups is 1. The zero-order valence-electron chi connectivity index (χ0n) is 17.6. The van der Waals surface area contributed by atoms with Gasteiger partial charge in [0, 0.05) is 39.3 Å². The molecule has 2 aliphatic heterocycles. The highest BCUT2D eigenvalue weighted by atomic mass is 32.2. The van der Waals surface area contributed by atoms with Crippen molar-refractivity contribution in [1.82, 2.24) is 19.8 Å². The van der Waals surface area contributed by atoms with Crippen LogP contribution in [0.15, 0.2) is 17.1 Å². The molecule has 2 saturated heterocycles. The van der Waals surface area contributed by atoms with Crippen molar-refractivity contribution in [2.75, 3.05) is 45.5 Å². The number of amides is 2. The van der Waals surface area contributed by atoms with E-state index in [9.17, 15) is 18.0 Å². The number of sulfonamides is 1. The van der Waals surface area contributed by atoms with E-state index in [1.165, 1.54) is 15.5 Å². The van der Waals surface area contributed by atoms with Gasteiger partial charge in [0.05, 0.1) is 18.1 Å². The fourth-order valence-corrected chi connectivity index (χ4v) is 6.20. The number of carbonyl (C=O) groups is 2. The lowest BCUT2D eigenvalue weighted by molar-refractivity contribution is -0.140. The van der Waals surface area contributed by atoms with Gasteiger partial charge in [0.15, 0.2) is 5.96 Å². The average Bonchev–Trinajstić information content (AvgIpc) is 3.45. The summed E-state index contributed by atoms with van der Waals surface area (Å²) < 4.78 is 24.8. The molecule has 4 aliphatic rings. The van der Waals surface area contributed by atoms with Crippen molar-refractivity contribution < 1.29 is 18.0 Å². The van der Waals surface area contributed by atoms with Crippen molar-refractivity contribution in [3.63, 3.8) is 0 Å². The highest BCUT2D eigenvalue weighted by molar-refractivity contribution is 7.88. The van der Waals surface area contributed by atoms with Crippen LogP contribution in [-0.4, -0.2) is 80.9 Å². The third-order valence-electron chi connectivity index (χ3n) is 6.76. The van der Waals surface area contributed by atoms with E-state index in [0.717, 1.165) is 12.8 Å². The van der Waals surface area contributed by atoms with Gasteiger partial charge in [0.25, 0.3) is 0 Å². The van der Waals surface area contributed by atoms with Crippen molar-refractivity contribution in [3.05, 3.63) is 12.2 Å². The monoisotopic (exact) mass is 437 g/mol. The summed E-state index contributed by atoms with van der Waals surface area (Å²) in [6.07, 6.45) is 7.17. The van der Waals surface area contributed by atoms with Crippen LogP contribution in [0.25, 0.3) is 0 Å². The van der Waals surface area contributed by atoms with Crippen LogP contribution in [0.3, 0.4) is 0 Å². The molecular formula is C20H31N5O4S. The average molecular weight is 438 g/mol. The summed E-state index contributed by atoms with van der Waals surface area (Å²) in [6.45, 7) is 4.99. The number of fused-ring (bicyclic) bond motifs is 5. The van der Waals surface area contributed by atoms with Crippen molar-refractivity contribution in [2.24, 2.45) is 34.6 Å². The number of hydrogen-bond donors (Lipinski definition) is 2. The first kappa shape index (κ1) is 21.3. The van der Waals surface area contributed by atoms with E-state index in [-0.39, 0.29) is 41.4 Å². The minimum absolute atomic E-state index is 0.0302. The third kappa shape index (κ3) is 3.99. The summed E-state index contributed by atoms with van der Waals surface area (Å²) in [5, 5.41) is 6.37. The molecule has 4 rings (SSSR count). The molecular weight excluding hydrogens is 406 g/mol. The van der Waals surface area contributed by atoms with E-state index < -0.39 is 10.0 Å². The molecule has 0 aromatic carbocycles. The summed E-state index contributed by atoms with van der Waals surface area (Å²) in [6, 6.07) is 0. The van der Waals surface area contributed by atoms with E-state index in [2.05, 4.69) is 27.8 Å². The Morgan fingerprint density at radius 3 is 2.40 bits per heavy atom. The van der Waals surface area contributed by atoms with E-state index in [1.807, 2.05) is 6.92 Å². The van der Waals surface area contributed by atoms with Crippen molar-refractivity contribution in [3.8, 4) is 0 Å². The molecule has 10 heteroatoms. The van der Waals surface area contributed by atoms with Crippen LogP contribution >= 0.6 is 0 Å². The highest BCUT2D eigenvalue weighted by Gasteiger charge is 2.58. The molecule has 0 aromatic heterocycles. The van der Waals surface area contributed by atoms with Gasteiger partial charge in [0.2, 0.25) is 21.8 Å². The Labute approximate surface area is 178 Å². The van der Waals surface area contributed by atoms with Crippen LogP contribution < -0.4 is 10.6 Å². The quantitative estimate of drug-likeness (QED) is 0.243. The lowest BCUT2D eigenvalue weighted by Crippen LogP contribution is -2.44. The zero-order chi connectivity index (χ0) is 21.5. The Morgan fingerprint density at radius 2 is 1.83 bits per heavy atom. The number of allylic oxidation sites excluding steroid dienone is 2. The molecule has 0 radical (unpaired) electrons. The SMILES string of the molecule is CCNC(=NCC1CCN(S(C)(=O)=O)C1)NCCN1C(=O)C2C3C=CC(C3)C2C1=O. The number of nitrogens with one attached hydrogen (secondary N) is 2. The Kier molecular flexibility index (Phi) is 5.89. The van der Waals surface area contributed by atoms with Gasteiger partial charge in [-0.1, -0.05) is 12.2 Å². The van der Waals surface area contributed by atoms with Gasteiger partial charge in [0.1, 0.15) is 0 Å². The number of hydrogen-bond acceptors (Lipinski definition) is 5. The van der Waals surface area contributed by atoms with Gasteiger partial charge < -0.3 is 10.6 Å². The van der Waals surface area contributed by atoms with E-state index >= 15 is 0 Å². The molecule has 1 saturated carbocycles. The standard InChI is InChI=1S/C20H31N5O4S/c1-3-21-20(23-11-13-6-8-24(12-13)30(2,28)29)22-7-9-25-18(26)16-14-4-5-15(10-14)17(16)19(25)27/h4-5,13-17H,3,6-12H2,1-2H3,(H2,21,22,23). The Bertz CT molecular complexity index is 840. The number of aliphatic imine (C=N–C) groups is 1. The number of rotatable bonds is 7. The summed E-state index contributed by atoms with van der Waals surface area (Å²) in [4.78, 5) is 31.5. The van der Waals surface area contributed by atoms with Crippen LogP contribution in [0.1, 0.15) is 19.8 Å². The van der Waals surface area contributed by atoms with Crippen LogP contribution in [0.5, 0.6) is 0 Å². The second kappa shape index (κ2) is 8.30. The zero-order valence-corrected chi connectivity index (χ0v) is 18.4. The first-order valence-electron chi connectivity index (χ1n) is 10.8. The molecule has 2 amide bonds. The van der Waals surface area contributed by atoms with Gasteiger partial charge in [-0.2, -0.15) is 0 Å². The number of carbonyl (C=O) groups excluding carboxylic acids is 2. The van der Waals surface area contributed by atoms with E-state index in [4.69, 9.17) is 0 Å². The molecule has 2 aliphatic carbocycles. The molecule has 166 valence electrons. The van der Waals surface area contributed by atoms with Crippen LogP contribution in [0.4, 0.5) is 0 Å². The maximum absolute atomic E-state index is 12.7. The Morgan fingerprint density at radius 1 is 1.17 bits per heavy atom. The molecule has 0 spiro atoms. The van der Waals surface area contributed by atoms with Crippen molar-refractivity contribution in [2.45, 2.75) is 19.8 Å². The first-order valence-corrected chi connectivity index (χ1v) is 12.6. The van der Waals surface area contributed by atoms with Crippen molar-refractivity contribution in [1.29, 1.82) is 0 Å². The van der Waals surface area contributed by atoms with Crippen LogP contribution in [-0.2, 0) is 19.6 Å². The largest absolute Gasteiger partial charge is 0.357 e. The molecule has 5 unspecified atom stereocenters. The van der Waals surface area contributed by atoms with Gasteiger partial charge in [-0.3, -0.25) is 19.5 Å². The van der Waals surface area contributed by atoms with Crippen LogP contribution in [0.2, 0.25) is 0 Å². The predicted molar refractivity (Wildman–Crippen MR) is 113 cm³/mol. The van der Waals surface area contributed by atoms with Crippen molar-refractivity contribution >= 4 is 27.8 Å². The smallest absolute Gasteiger partial charge is 0.233 e. The molecule has 2 heterocycles. The molecule has 2 bridgehead atoms. The predicted octanol–water partition coefficient (Wildman–Crippen LogP) is -0.370. The topological polar surface area (TPSA) is 111 Å². The minimum Gasteiger partial charge on any atom is -0.357 e. The second-order valence-electron chi connectivity index (χ2n) is 8.75. The molecule has 3 fully saturated rings. The highest BCUT2D eigenvalue weighted by Crippen LogP contribution is 2.52.